The summed E-state index contributed by atoms with van der Waals surface area (Å²) < 4.78 is 13.6. The van der Waals surface area contributed by atoms with Crippen LogP contribution in [0.5, 0.6) is 0 Å². The van der Waals surface area contributed by atoms with E-state index in [4.69, 9.17) is 0 Å². The van der Waals surface area contributed by atoms with E-state index in [1.807, 2.05) is 19.9 Å². The van der Waals surface area contributed by atoms with Crippen LogP contribution >= 0.6 is 9.24 Å². The van der Waals surface area contributed by atoms with Crippen LogP contribution in [0.4, 0.5) is 4.39 Å². The van der Waals surface area contributed by atoms with Gasteiger partial charge in [0.2, 0.25) is 0 Å². The molecule has 2 atom stereocenters. The molecule has 0 fully saturated rings. The number of rotatable bonds is 7. The van der Waals surface area contributed by atoms with Crippen LogP contribution in [0, 0.1) is 5.92 Å². The van der Waals surface area contributed by atoms with Gasteiger partial charge in [-0.25, -0.2) is 4.39 Å². The lowest BCUT2D eigenvalue weighted by Gasteiger charge is -2.22. The van der Waals surface area contributed by atoms with Crippen LogP contribution in [0.2, 0.25) is 0 Å². The molecule has 0 N–H and O–H groups in total. The Bertz CT molecular complexity index is 248. The van der Waals surface area contributed by atoms with Crippen molar-refractivity contribution in [2.24, 2.45) is 5.92 Å². The summed E-state index contributed by atoms with van der Waals surface area (Å²) in [5.41, 5.74) is 1.23. The molecule has 0 aromatic carbocycles. The molecule has 0 aliphatic carbocycles. The normalized spacial score (nSPS) is 15.1. The molecule has 0 saturated heterocycles. The van der Waals surface area contributed by atoms with E-state index in [-0.39, 0.29) is 11.7 Å². The fraction of sp³-hybridized carbons (Fsp3) is 0.692. The first-order valence-electron chi connectivity index (χ1n) is 6.04. The molecule has 94 valence electrons. The number of hydrogen-bond donors (Lipinski definition) is 0. The summed E-state index contributed by atoms with van der Waals surface area (Å²) in [6.45, 7) is 6.94. The van der Waals surface area contributed by atoms with E-state index in [1.165, 1.54) is 5.70 Å². The van der Waals surface area contributed by atoms with E-state index in [0.29, 0.717) is 0 Å². The molecule has 0 aromatic heterocycles. The van der Waals surface area contributed by atoms with Crippen molar-refractivity contribution in [1.29, 1.82) is 0 Å². The molecule has 0 heterocycles. The monoisotopic (exact) mass is 245 g/mol. The summed E-state index contributed by atoms with van der Waals surface area (Å²) >= 11 is 0. The predicted molar refractivity (Wildman–Crippen MR) is 74.2 cm³/mol. The van der Waals surface area contributed by atoms with Gasteiger partial charge in [0.05, 0.1) is 0 Å². The average molecular weight is 245 g/mol. The van der Waals surface area contributed by atoms with Crippen molar-refractivity contribution >= 4 is 9.24 Å². The van der Waals surface area contributed by atoms with Gasteiger partial charge in [0.25, 0.3) is 0 Å². The highest BCUT2D eigenvalue weighted by Gasteiger charge is 2.08. The van der Waals surface area contributed by atoms with Crippen LogP contribution in [0.25, 0.3) is 0 Å². The molecular formula is C13H25FNP. The Morgan fingerprint density at radius 2 is 2.06 bits per heavy atom. The number of nitrogens with zero attached hydrogens (tertiary/aromatic N) is 1. The lowest BCUT2D eigenvalue weighted by molar-refractivity contribution is 0.420. The third-order valence-electron chi connectivity index (χ3n) is 2.64. The molecule has 0 spiro atoms. The van der Waals surface area contributed by atoms with Crippen molar-refractivity contribution in [3.05, 3.63) is 23.7 Å². The summed E-state index contributed by atoms with van der Waals surface area (Å²) in [6, 6.07) is 0. The maximum Gasteiger partial charge on any atom is 0.103 e. The van der Waals surface area contributed by atoms with E-state index in [9.17, 15) is 4.39 Å². The Balaban J connectivity index is 4.70. The molecule has 0 aromatic rings. The highest BCUT2D eigenvalue weighted by Crippen LogP contribution is 2.19. The average Bonchev–Trinajstić information content (AvgIpc) is 2.27. The SMILES string of the molecule is CC/C=C(/F)C(C)/C=C(\CCP)N(C)CC. The van der Waals surface area contributed by atoms with Gasteiger partial charge in [-0.1, -0.05) is 26.0 Å². The third-order valence-corrected chi connectivity index (χ3v) is 2.93. The summed E-state index contributed by atoms with van der Waals surface area (Å²) in [5, 5.41) is 0. The Kier molecular flexibility index (Phi) is 8.56. The van der Waals surface area contributed by atoms with E-state index < -0.39 is 0 Å². The molecule has 2 unspecified atom stereocenters. The summed E-state index contributed by atoms with van der Waals surface area (Å²) in [6.07, 6.45) is 6.45. The zero-order chi connectivity index (χ0) is 12.6. The number of hydrogen-bond acceptors (Lipinski definition) is 1. The van der Waals surface area contributed by atoms with Crippen molar-refractivity contribution in [2.75, 3.05) is 19.8 Å². The summed E-state index contributed by atoms with van der Waals surface area (Å²) in [5.74, 6) is -0.131. The van der Waals surface area contributed by atoms with Gasteiger partial charge in [-0.05, 0) is 25.9 Å². The molecule has 0 bridgehead atoms. The number of allylic oxidation sites excluding steroid dienone is 4. The smallest absolute Gasteiger partial charge is 0.103 e. The second kappa shape index (κ2) is 8.75. The van der Waals surface area contributed by atoms with E-state index in [1.54, 1.807) is 6.08 Å². The fourth-order valence-corrected chi connectivity index (χ4v) is 1.80. The van der Waals surface area contributed by atoms with Crippen molar-refractivity contribution < 1.29 is 4.39 Å². The first-order valence-corrected chi connectivity index (χ1v) is 6.85. The lowest BCUT2D eigenvalue weighted by atomic mass is 10.1. The summed E-state index contributed by atoms with van der Waals surface area (Å²) in [4.78, 5) is 2.18. The van der Waals surface area contributed by atoms with Gasteiger partial charge in [0, 0.05) is 25.2 Å². The topological polar surface area (TPSA) is 3.24 Å². The van der Waals surface area contributed by atoms with E-state index >= 15 is 0 Å². The molecule has 0 aliphatic heterocycles. The van der Waals surface area contributed by atoms with Gasteiger partial charge in [-0.3, -0.25) is 0 Å². The minimum Gasteiger partial charge on any atom is -0.378 e. The zero-order valence-corrected chi connectivity index (χ0v) is 12.1. The highest BCUT2D eigenvalue weighted by molar-refractivity contribution is 7.16. The van der Waals surface area contributed by atoms with Crippen molar-refractivity contribution in [1.82, 2.24) is 4.90 Å². The van der Waals surface area contributed by atoms with Gasteiger partial charge < -0.3 is 4.90 Å². The van der Waals surface area contributed by atoms with Crippen molar-refractivity contribution in [3.63, 3.8) is 0 Å². The zero-order valence-electron chi connectivity index (χ0n) is 11.0. The predicted octanol–water partition coefficient (Wildman–Crippen LogP) is 3.99. The molecule has 0 amide bonds. The van der Waals surface area contributed by atoms with Crippen LogP contribution in [-0.4, -0.2) is 24.7 Å². The van der Waals surface area contributed by atoms with E-state index in [0.717, 1.165) is 25.5 Å². The first kappa shape index (κ1) is 15.6. The largest absolute Gasteiger partial charge is 0.378 e. The Morgan fingerprint density at radius 1 is 1.44 bits per heavy atom. The molecule has 16 heavy (non-hydrogen) atoms. The minimum atomic E-state index is -0.111. The van der Waals surface area contributed by atoms with E-state index in [2.05, 4.69) is 28.1 Å². The Labute approximate surface area is 102 Å². The minimum absolute atomic E-state index is 0.0201. The van der Waals surface area contributed by atoms with Gasteiger partial charge >= 0.3 is 0 Å². The molecule has 1 nitrogen and oxygen atoms in total. The van der Waals surface area contributed by atoms with Gasteiger partial charge in [0.1, 0.15) is 5.83 Å². The van der Waals surface area contributed by atoms with Crippen molar-refractivity contribution in [2.45, 2.75) is 33.6 Å². The van der Waals surface area contributed by atoms with Crippen molar-refractivity contribution in [3.8, 4) is 0 Å². The summed E-state index contributed by atoms with van der Waals surface area (Å²) in [7, 11) is 4.78. The van der Waals surface area contributed by atoms with Crippen LogP contribution in [0.1, 0.15) is 33.6 Å². The Morgan fingerprint density at radius 3 is 2.50 bits per heavy atom. The molecule has 0 aliphatic rings. The molecular weight excluding hydrogens is 220 g/mol. The van der Waals surface area contributed by atoms with Gasteiger partial charge in [0.15, 0.2) is 0 Å². The van der Waals surface area contributed by atoms with Crippen LogP contribution < -0.4 is 0 Å². The van der Waals surface area contributed by atoms with Gasteiger partial charge in [-0.15, -0.1) is 9.24 Å². The van der Waals surface area contributed by atoms with Gasteiger partial charge in [-0.2, -0.15) is 0 Å². The lowest BCUT2D eigenvalue weighted by Crippen LogP contribution is -2.18. The maximum atomic E-state index is 13.6. The fourth-order valence-electron chi connectivity index (χ4n) is 1.50. The Hall–Kier alpha value is -0.360. The van der Waals surface area contributed by atoms with Crippen LogP contribution in [0.15, 0.2) is 23.7 Å². The van der Waals surface area contributed by atoms with Crippen LogP contribution in [0.3, 0.4) is 0 Å². The molecule has 0 rings (SSSR count). The number of halogens is 1. The molecule has 0 radical (unpaired) electrons. The third kappa shape index (κ3) is 5.65. The van der Waals surface area contributed by atoms with Crippen LogP contribution in [-0.2, 0) is 0 Å². The highest BCUT2D eigenvalue weighted by atomic mass is 31.0. The molecule has 3 heteroatoms. The second-order valence-corrected chi connectivity index (χ2v) is 4.57. The molecule has 0 saturated carbocycles. The standard InChI is InChI=1S/C13H25FNP/c1-5-7-13(14)11(3)10-12(8-9-16)15(4)6-2/h7,10-11H,5-6,8-9,16H2,1-4H3/b12-10+,13-7+. The maximum absolute atomic E-state index is 13.6. The quantitative estimate of drug-likeness (QED) is 0.613. The first-order chi connectivity index (χ1) is 7.56. The second-order valence-electron chi connectivity index (χ2n) is 4.00.